The number of rotatable bonds is 5. The van der Waals surface area contributed by atoms with Gasteiger partial charge in [0.25, 0.3) is 0 Å². The lowest BCUT2D eigenvalue weighted by Crippen LogP contribution is -2.44. The number of aliphatic imine (C=N–C) groups is 1. The molecule has 1 unspecified atom stereocenters. The van der Waals surface area contributed by atoms with Gasteiger partial charge >= 0.3 is 12.1 Å². The number of hydrogen-bond donors (Lipinski definition) is 2. The molecule has 7 nitrogen and oxygen atoms in total. The number of alkyl carbamates (subject to hydrolysis) is 1. The SMILES string of the molecule is CC(C)(C)OC(=O)NC(Cc1ccc(N=C=O)cc1)C(=O)O. The number of benzene rings is 1. The first-order valence-corrected chi connectivity index (χ1v) is 6.60. The number of isocyanates is 1. The normalized spacial score (nSPS) is 12.0. The van der Waals surface area contributed by atoms with Crippen LogP contribution in [0.4, 0.5) is 10.5 Å². The summed E-state index contributed by atoms with van der Waals surface area (Å²) in [6.07, 6.45) is 0.711. The van der Waals surface area contributed by atoms with E-state index in [1.807, 2.05) is 0 Å². The number of hydrogen-bond acceptors (Lipinski definition) is 5. The highest BCUT2D eigenvalue weighted by atomic mass is 16.6. The predicted octanol–water partition coefficient (Wildman–Crippen LogP) is 2.17. The van der Waals surface area contributed by atoms with E-state index in [9.17, 15) is 19.5 Å². The third kappa shape index (κ3) is 6.19. The largest absolute Gasteiger partial charge is 0.480 e. The van der Waals surface area contributed by atoms with E-state index in [2.05, 4.69) is 10.3 Å². The molecule has 1 aromatic carbocycles. The van der Waals surface area contributed by atoms with Crippen molar-refractivity contribution in [3.8, 4) is 0 Å². The van der Waals surface area contributed by atoms with Crippen molar-refractivity contribution in [1.82, 2.24) is 5.32 Å². The van der Waals surface area contributed by atoms with Gasteiger partial charge in [0.1, 0.15) is 11.6 Å². The molecule has 22 heavy (non-hydrogen) atoms. The maximum atomic E-state index is 11.6. The molecule has 0 aliphatic rings. The third-order valence-electron chi connectivity index (χ3n) is 2.54. The molecular weight excluding hydrogens is 288 g/mol. The Morgan fingerprint density at radius 3 is 2.36 bits per heavy atom. The van der Waals surface area contributed by atoms with E-state index >= 15 is 0 Å². The van der Waals surface area contributed by atoms with Crippen LogP contribution in [-0.4, -0.2) is 34.9 Å². The van der Waals surface area contributed by atoms with Gasteiger partial charge in [-0.1, -0.05) is 12.1 Å². The summed E-state index contributed by atoms with van der Waals surface area (Å²) in [5, 5.41) is 11.5. The first-order chi connectivity index (χ1) is 10.2. The zero-order valence-corrected chi connectivity index (χ0v) is 12.6. The number of aliphatic carboxylic acids is 1. The number of nitrogens with zero attached hydrogens (tertiary/aromatic N) is 1. The number of ether oxygens (including phenoxy) is 1. The summed E-state index contributed by atoms with van der Waals surface area (Å²) in [5.74, 6) is -1.17. The molecule has 0 heterocycles. The Kier molecular flexibility index (Phi) is 5.83. The molecule has 1 amide bonds. The molecule has 118 valence electrons. The summed E-state index contributed by atoms with van der Waals surface area (Å²) < 4.78 is 5.04. The van der Waals surface area contributed by atoms with Crippen LogP contribution in [0.2, 0.25) is 0 Å². The Morgan fingerprint density at radius 2 is 1.91 bits per heavy atom. The van der Waals surface area contributed by atoms with Crippen LogP contribution in [0.25, 0.3) is 0 Å². The Balaban J connectivity index is 2.74. The van der Waals surface area contributed by atoms with E-state index in [1.165, 1.54) is 6.08 Å². The second-order valence-electron chi connectivity index (χ2n) is 5.61. The molecule has 1 atom stereocenters. The minimum absolute atomic E-state index is 0.0830. The molecule has 0 saturated carbocycles. The maximum Gasteiger partial charge on any atom is 0.408 e. The summed E-state index contributed by atoms with van der Waals surface area (Å²) in [4.78, 5) is 36.5. The van der Waals surface area contributed by atoms with Crippen molar-refractivity contribution in [3.63, 3.8) is 0 Å². The average Bonchev–Trinajstić information content (AvgIpc) is 2.38. The molecule has 0 aliphatic carbocycles. The summed E-state index contributed by atoms with van der Waals surface area (Å²) in [7, 11) is 0. The van der Waals surface area contributed by atoms with Crippen LogP contribution < -0.4 is 5.32 Å². The van der Waals surface area contributed by atoms with Crippen LogP contribution in [0.15, 0.2) is 29.3 Å². The van der Waals surface area contributed by atoms with Gasteiger partial charge in [-0.3, -0.25) is 0 Å². The van der Waals surface area contributed by atoms with E-state index in [4.69, 9.17) is 4.74 Å². The Hall–Kier alpha value is -2.66. The maximum absolute atomic E-state index is 11.6. The van der Waals surface area contributed by atoms with Crippen molar-refractivity contribution >= 4 is 23.8 Å². The van der Waals surface area contributed by atoms with Crippen molar-refractivity contribution in [2.45, 2.75) is 38.8 Å². The molecule has 0 spiro atoms. The highest BCUT2D eigenvalue weighted by Gasteiger charge is 2.24. The van der Waals surface area contributed by atoms with Crippen molar-refractivity contribution < 1.29 is 24.2 Å². The van der Waals surface area contributed by atoms with Crippen LogP contribution in [0.5, 0.6) is 0 Å². The van der Waals surface area contributed by atoms with Gasteiger partial charge < -0.3 is 15.2 Å². The van der Waals surface area contributed by atoms with Crippen LogP contribution in [-0.2, 0) is 20.7 Å². The van der Waals surface area contributed by atoms with Gasteiger partial charge in [-0.25, -0.2) is 14.4 Å². The Bertz CT molecular complexity index is 583. The first kappa shape index (κ1) is 17.4. The molecular formula is C15H18N2O5. The van der Waals surface area contributed by atoms with Gasteiger partial charge in [0, 0.05) is 6.42 Å². The Labute approximate surface area is 128 Å². The van der Waals surface area contributed by atoms with Crippen molar-refractivity contribution in [3.05, 3.63) is 29.8 Å². The smallest absolute Gasteiger partial charge is 0.408 e. The second-order valence-corrected chi connectivity index (χ2v) is 5.61. The molecule has 0 fully saturated rings. The summed E-state index contributed by atoms with van der Waals surface area (Å²) in [6.45, 7) is 5.07. The fourth-order valence-corrected chi connectivity index (χ4v) is 1.64. The lowest BCUT2D eigenvalue weighted by atomic mass is 10.1. The quantitative estimate of drug-likeness (QED) is 0.640. The number of carboxylic acid groups (broad SMARTS) is 1. The van der Waals surface area contributed by atoms with E-state index in [0.29, 0.717) is 11.3 Å². The number of carbonyl (C=O) groups is 2. The van der Waals surface area contributed by atoms with Crippen LogP contribution in [0.1, 0.15) is 26.3 Å². The molecule has 1 rings (SSSR count). The van der Waals surface area contributed by atoms with Gasteiger partial charge in [0.15, 0.2) is 0 Å². The standard InChI is InChI=1S/C15H18N2O5/c1-15(2,3)22-14(21)17-12(13(19)20)8-10-4-6-11(7-5-10)16-9-18/h4-7,12H,8H2,1-3H3,(H,17,21)(H,19,20). The van der Waals surface area contributed by atoms with E-state index < -0.39 is 23.7 Å². The van der Waals surface area contributed by atoms with E-state index in [1.54, 1.807) is 45.0 Å². The molecule has 1 aromatic rings. The summed E-state index contributed by atoms with van der Waals surface area (Å²) >= 11 is 0. The molecule has 0 saturated heterocycles. The fourth-order valence-electron chi connectivity index (χ4n) is 1.64. The Morgan fingerprint density at radius 1 is 1.32 bits per heavy atom. The zero-order chi connectivity index (χ0) is 16.8. The van der Waals surface area contributed by atoms with E-state index in [0.717, 1.165) is 0 Å². The zero-order valence-electron chi connectivity index (χ0n) is 12.6. The van der Waals surface area contributed by atoms with Crippen molar-refractivity contribution in [2.24, 2.45) is 4.99 Å². The highest BCUT2D eigenvalue weighted by Crippen LogP contribution is 2.14. The fraction of sp³-hybridized carbons (Fsp3) is 0.400. The number of carbonyl (C=O) groups excluding carboxylic acids is 2. The van der Waals surface area contributed by atoms with Gasteiger partial charge in [-0.15, -0.1) is 0 Å². The van der Waals surface area contributed by atoms with Crippen LogP contribution in [0.3, 0.4) is 0 Å². The number of nitrogens with one attached hydrogen (secondary N) is 1. The lowest BCUT2D eigenvalue weighted by molar-refractivity contribution is -0.139. The molecule has 0 aliphatic heterocycles. The lowest BCUT2D eigenvalue weighted by Gasteiger charge is -2.22. The summed E-state index contributed by atoms with van der Waals surface area (Å²) in [6, 6.07) is 5.26. The highest BCUT2D eigenvalue weighted by molar-refractivity contribution is 5.80. The predicted molar refractivity (Wildman–Crippen MR) is 78.7 cm³/mol. The molecule has 0 aromatic heterocycles. The summed E-state index contributed by atoms with van der Waals surface area (Å²) in [5.41, 5.74) is 0.390. The number of carboxylic acids is 1. The van der Waals surface area contributed by atoms with Crippen molar-refractivity contribution in [1.29, 1.82) is 0 Å². The second kappa shape index (κ2) is 7.38. The average molecular weight is 306 g/mol. The van der Waals surface area contributed by atoms with E-state index in [-0.39, 0.29) is 6.42 Å². The minimum atomic E-state index is -1.17. The van der Waals surface area contributed by atoms with Gasteiger partial charge in [-0.05, 0) is 38.5 Å². The van der Waals surface area contributed by atoms with Crippen LogP contribution >= 0.6 is 0 Å². The monoisotopic (exact) mass is 306 g/mol. The topological polar surface area (TPSA) is 105 Å². The molecule has 0 radical (unpaired) electrons. The van der Waals surface area contributed by atoms with Gasteiger partial charge in [0.2, 0.25) is 6.08 Å². The van der Waals surface area contributed by atoms with Crippen LogP contribution in [0, 0.1) is 0 Å². The minimum Gasteiger partial charge on any atom is -0.480 e. The molecule has 0 bridgehead atoms. The third-order valence-corrected chi connectivity index (χ3v) is 2.54. The first-order valence-electron chi connectivity index (χ1n) is 6.60. The number of amides is 1. The van der Waals surface area contributed by atoms with Gasteiger partial charge in [0.05, 0.1) is 5.69 Å². The van der Waals surface area contributed by atoms with Gasteiger partial charge in [-0.2, -0.15) is 4.99 Å². The van der Waals surface area contributed by atoms with Crippen molar-refractivity contribution in [2.75, 3.05) is 0 Å². The molecule has 7 heteroatoms. The molecule has 2 N–H and O–H groups in total.